The zero-order chi connectivity index (χ0) is 23.0. The third-order valence-electron chi connectivity index (χ3n) is 6.73. The highest BCUT2D eigenvalue weighted by Gasteiger charge is 2.26. The van der Waals surface area contributed by atoms with Crippen molar-refractivity contribution in [3.05, 3.63) is 92.1 Å². The number of carbonyl (C=O) groups excluding carboxylic acids is 1. The van der Waals surface area contributed by atoms with Gasteiger partial charge in [-0.2, -0.15) is 0 Å². The molecule has 1 N–H and O–H groups in total. The van der Waals surface area contributed by atoms with Crippen LogP contribution in [0, 0.1) is 0 Å². The van der Waals surface area contributed by atoms with Gasteiger partial charge in [0.15, 0.2) is 11.2 Å². The molecule has 0 bridgehead atoms. The summed E-state index contributed by atoms with van der Waals surface area (Å²) in [6.07, 6.45) is 0.663. The molecule has 5 rings (SSSR count). The molecule has 3 nitrogen and oxygen atoms in total. The Hall–Kier alpha value is -3.20. The molecule has 0 atom stereocenters. The second-order valence-electron chi connectivity index (χ2n) is 11.1. The SMILES string of the molecule is CC(C)(C)c1ccc2c(c1)C(=O)c1cc3[nH]c4ccc(C(C)(C)C)cc4c(=O)c3cc1C2. The summed E-state index contributed by atoms with van der Waals surface area (Å²) in [6, 6.07) is 16.1. The van der Waals surface area contributed by atoms with E-state index < -0.39 is 0 Å². The molecule has 1 aliphatic carbocycles. The summed E-state index contributed by atoms with van der Waals surface area (Å²) in [4.78, 5) is 30.3. The molecule has 0 radical (unpaired) electrons. The normalized spacial score (nSPS) is 14.0. The maximum Gasteiger partial charge on any atom is 0.197 e. The molecule has 0 spiro atoms. The first-order valence-corrected chi connectivity index (χ1v) is 11.2. The maximum absolute atomic E-state index is 13.4. The number of ketones is 1. The van der Waals surface area contributed by atoms with Crippen LogP contribution in [0.2, 0.25) is 0 Å². The van der Waals surface area contributed by atoms with Gasteiger partial charge in [0, 0.05) is 27.4 Å². The summed E-state index contributed by atoms with van der Waals surface area (Å²) < 4.78 is 0. The van der Waals surface area contributed by atoms with Crippen molar-refractivity contribution < 1.29 is 4.79 Å². The summed E-state index contributed by atoms with van der Waals surface area (Å²) in [5, 5.41) is 1.34. The van der Waals surface area contributed by atoms with E-state index in [9.17, 15) is 9.59 Å². The second-order valence-corrected chi connectivity index (χ2v) is 11.1. The molecule has 0 unspecified atom stereocenters. The number of hydrogen-bond acceptors (Lipinski definition) is 2. The van der Waals surface area contributed by atoms with E-state index in [-0.39, 0.29) is 22.0 Å². The minimum atomic E-state index is -0.0342. The van der Waals surface area contributed by atoms with Crippen molar-refractivity contribution >= 4 is 27.6 Å². The van der Waals surface area contributed by atoms with E-state index in [1.165, 1.54) is 0 Å². The summed E-state index contributed by atoms with van der Waals surface area (Å²) in [7, 11) is 0. The molecule has 4 aromatic rings. The van der Waals surface area contributed by atoms with Gasteiger partial charge in [0.05, 0.1) is 5.52 Å². The Morgan fingerprint density at radius 2 is 1.25 bits per heavy atom. The Morgan fingerprint density at radius 3 is 1.94 bits per heavy atom. The number of benzene rings is 3. The van der Waals surface area contributed by atoms with Crippen LogP contribution >= 0.6 is 0 Å². The van der Waals surface area contributed by atoms with E-state index in [1.54, 1.807) is 0 Å². The van der Waals surface area contributed by atoms with Crippen molar-refractivity contribution in [1.82, 2.24) is 4.98 Å². The summed E-state index contributed by atoms with van der Waals surface area (Å²) in [5.41, 5.74) is 7.20. The Balaban J connectivity index is 1.71. The molecule has 162 valence electrons. The van der Waals surface area contributed by atoms with Crippen molar-refractivity contribution in [3.8, 4) is 0 Å². The molecule has 0 amide bonds. The highest BCUT2D eigenvalue weighted by molar-refractivity contribution is 6.14. The van der Waals surface area contributed by atoms with Crippen LogP contribution in [-0.2, 0) is 17.3 Å². The molecule has 3 aromatic carbocycles. The van der Waals surface area contributed by atoms with Gasteiger partial charge in [0.25, 0.3) is 0 Å². The van der Waals surface area contributed by atoms with Crippen LogP contribution in [0.25, 0.3) is 21.8 Å². The molecule has 0 aliphatic heterocycles. The number of carbonyl (C=O) groups is 1. The number of pyridine rings is 1. The minimum absolute atomic E-state index is 0.0176. The maximum atomic E-state index is 13.4. The largest absolute Gasteiger partial charge is 0.354 e. The highest BCUT2D eigenvalue weighted by atomic mass is 16.1. The van der Waals surface area contributed by atoms with Gasteiger partial charge in [-0.1, -0.05) is 59.7 Å². The van der Waals surface area contributed by atoms with Crippen LogP contribution < -0.4 is 5.43 Å². The zero-order valence-electron chi connectivity index (χ0n) is 19.6. The van der Waals surface area contributed by atoms with Gasteiger partial charge in [0.2, 0.25) is 0 Å². The van der Waals surface area contributed by atoms with Crippen molar-refractivity contribution in [2.75, 3.05) is 0 Å². The zero-order valence-corrected chi connectivity index (χ0v) is 19.6. The standard InChI is InChI=1S/C29H29NO2/c1-28(2,3)18-8-7-16-11-17-12-22-25(15-21(17)26(31)20(16)13-18)30-24-10-9-19(29(4,5)6)14-23(24)27(22)32/h7-10,12-15H,11H2,1-6H3,(H,30,32). The lowest BCUT2D eigenvalue weighted by molar-refractivity contribution is 0.103. The third kappa shape index (κ3) is 3.19. The van der Waals surface area contributed by atoms with Crippen LogP contribution in [0.3, 0.4) is 0 Å². The van der Waals surface area contributed by atoms with E-state index in [0.29, 0.717) is 28.3 Å². The smallest absolute Gasteiger partial charge is 0.197 e. The van der Waals surface area contributed by atoms with Gasteiger partial charge in [-0.25, -0.2) is 0 Å². The second kappa shape index (κ2) is 6.65. The summed E-state index contributed by atoms with van der Waals surface area (Å²) in [6.45, 7) is 12.9. The minimum Gasteiger partial charge on any atom is -0.354 e. The first-order chi connectivity index (χ1) is 14.9. The predicted octanol–water partition coefficient (Wildman–Crippen LogP) is 6.41. The van der Waals surface area contributed by atoms with Crippen molar-refractivity contribution in [1.29, 1.82) is 0 Å². The molecule has 1 heterocycles. The number of hydrogen-bond donors (Lipinski definition) is 1. The quantitative estimate of drug-likeness (QED) is 0.293. The van der Waals surface area contributed by atoms with E-state index in [4.69, 9.17) is 0 Å². The molecule has 0 fully saturated rings. The summed E-state index contributed by atoms with van der Waals surface area (Å²) in [5.74, 6) is 0.0401. The van der Waals surface area contributed by atoms with Gasteiger partial charge in [0.1, 0.15) is 0 Å². The number of aromatic amines is 1. The van der Waals surface area contributed by atoms with Gasteiger partial charge < -0.3 is 4.98 Å². The Morgan fingerprint density at radius 1 is 0.656 bits per heavy atom. The highest BCUT2D eigenvalue weighted by Crippen LogP contribution is 2.33. The Bertz CT molecular complexity index is 1490. The third-order valence-corrected chi connectivity index (χ3v) is 6.73. The van der Waals surface area contributed by atoms with Crippen LogP contribution in [0.5, 0.6) is 0 Å². The molecule has 32 heavy (non-hydrogen) atoms. The lowest BCUT2D eigenvalue weighted by atomic mass is 9.79. The molecule has 0 saturated carbocycles. The van der Waals surface area contributed by atoms with Crippen LogP contribution in [0.15, 0.2) is 53.3 Å². The topological polar surface area (TPSA) is 49.9 Å². The fourth-order valence-corrected chi connectivity index (χ4v) is 4.65. The van der Waals surface area contributed by atoms with E-state index in [1.807, 2.05) is 30.3 Å². The lowest BCUT2D eigenvalue weighted by Crippen LogP contribution is -2.19. The van der Waals surface area contributed by atoms with E-state index >= 15 is 0 Å². The average molecular weight is 424 g/mol. The molecular weight excluding hydrogens is 394 g/mol. The van der Waals surface area contributed by atoms with Gasteiger partial charge in [-0.3, -0.25) is 9.59 Å². The number of H-pyrrole nitrogens is 1. The van der Waals surface area contributed by atoms with Gasteiger partial charge in [-0.15, -0.1) is 0 Å². The van der Waals surface area contributed by atoms with E-state index in [0.717, 1.165) is 33.3 Å². The van der Waals surface area contributed by atoms with E-state index in [2.05, 4.69) is 64.7 Å². The monoisotopic (exact) mass is 423 g/mol. The van der Waals surface area contributed by atoms with Crippen molar-refractivity contribution in [3.63, 3.8) is 0 Å². The van der Waals surface area contributed by atoms with Gasteiger partial charge in [-0.05, 0) is 69.8 Å². The van der Waals surface area contributed by atoms with Crippen LogP contribution in [0.4, 0.5) is 0 Å². The fraction of sp³-hybridized carbons (Fsp3) is 0.310. The van der Waals surface area contributed by atoms with Crippen molar-refractivity contribution in [2.45, 2.75) is 58.8 Å². The molecule has 3 heteroatoms. The van der Waals surface area contributed by atoms with Crippen molar-refractivity contribution in [2.24, 2.45) is 0 Å². The number of aromatic nitrogens is 1. The summed E-state index contributed by atoms with van der Waals surface area (Å²) >= 11 is 0. The van der Waals surface area contributed by atoms with Crippen LogP contribution in [0.1, 0.15) is 79.7 Å². The number of rotatable bonds is 0. The Labute approximate surface area is 188 Å². The lowest BCUT2D eigenvalue weighted by Gasteiger charge is -2.24. The predicted molar refractivity (Wildman–Crippen MR) is 132 cm³/mol. The average Bonchev–Trinajstić information content (AvgIpc) is 2.71. The first kappa shape index (κ1) is 20.7. The molecule has 1 aliphatic rings. The number of nitrogens with one attached hydrogen (secondary N) is 1. The molecule has 1 aromatic heterocycles. The molecule has 0 saturated heterocycles. The van der Waals surface area contributed by atoms with Gasteiger partial charge >= 0.3 is 0 Å². The fourth-order valence-electron chi connectivity index (χ4n) is 4.65. The van der Waals surface area contributed by atoms with Crippen LogP contribution in [-0.4, -0.2) is 10.8 Å². The Kier molecular flexibility index (Phi) is 4.30. The number of fused-ring (bicyclic) bond motifs is 4. The first-order valence-electron chi connectivity index (χ1n) is 11.2. The molecular formula is C29H29NO2.